The van der Waals surface area contributed by atoms with Gasteiger partial charge in [-0.15, -0.1) is 5.10 Å². The third-order valence-electron chi connectivity index (χ3n) is 5.59. The molecule has 150 valence electrons. The molecule has 1 aliphatic rings. The van der Waals surface area contributed by atoms with Crippen molar-refractivity contribution in [3.8, 4) is 11.3 Å². The molecular formula is C23H22N6O. The number of likely N-dealkylation sites (tertiary alicyclic amines) is 1. The number of piperidine rings is 1. The molecule has 7 heteroatoms. The van der Waals surface area contributed by atoms with E-state index < -0.39 is 0 Å². The molecular weight excluding hydrogens is 376 g/mol. The van der Waals surface area contributed by atoms with Crippen molar-refractivity contribution in [3.05, 3.63) is 73.2 Å². The quantitative estimate of drug-likeness (QED) is 0.556. The number of hydrogen-bond donors (Lipinski definition) is 1. The van der Waals surface area contributed by atoms with Crippen LogP contribution < -0.4 is 5.32 Å². The van der Waals surface area contributed by atoms with E-state index in [1.165, 1.54) is 0 Å². The van der Waals surface area contributed by atoms with Crippen LogP contribution in [0, 0.1) is 0 Å². The number of amides is 2. The average molecular weight is 398 g/mol. The lowest BCUT2D eigenvalue weighted by atomic mass is 10.1. The van der Waals surface area contributed by atoms with Crippen LogP contribution in [0.1, 0.15) is 18.9 Å². The summed E-state index contributed by atoms with van der Waals surface area (Å²) in [6.07, 6.45) is 7.19. The van der Waals surface area contributed by atoms with Crippen molar-refractivity contribution in [1.82, 2.24) is 24.9 Å². The number of carbonyl (C=O) groups excluding carboxylic acids is 1. The van der Waals surface area contributed by atoms with Gasteiger partial charge in [-0.2, -0.15) is 0 Å². The number of hydrogen-bond acceptors (Lipinski definition) is 4. The van der Waals surface area contributed by atoms with Gasteiger partial charge in [0.15, 0.2) is 0 Å². The summed E-state index contributed by atoms with van der Waals surface area (Å²) < 4.78 is 1.92. The predicted octanol–water partition coefficient (Wildman–Crippen LogP) is 4.36. The number of pyridine rings is 1. The number of anilines is 1. The Morgan fingerprint density at radius 1 is 1.00 bits per heavy atom. The van der Waals surface area contributed by atoms with Crippen molar-refractivity contribution in [2.45, 2.75) is 18.9 Å². The normalized spacial score (nSPS) is 14.7. The highest BCUT2D eigenvalue weighted by Gasteiger charge is 2.25. The van der Waals surface area contributed by atoms with Crippen molar-refractivity contribution in [2.75, 3.05) is 18.4 Å². The topological polar surface area (TPSA) is 75.9 Å². The number of benzene rings is 2. The maximum absolute atomic E-state index is 12.7. The molecule has 1 aliphatic heterocycles. The Morgan fingerprint density at radius 3 is 2.63 bits per heavy atom. The smallest absolute Gasteiger partial charge is 0.321 e. The van der Waals surface area contributed by atoms with E-state index in [0.29, 0.717) is 13.1 Å². The summed E-state index contributed by atoms with van der Waals surface area (Å²) in [5, 5.41) is 13.9. The van der Waals surface area contributed by atoms with Gasteiger partial charge < -0.3 is 10.2 Å². The number of nitrogens with zero attached hydrogens (tertiary/aromatic N) is 5. The van der Waals surface area contributed by atoms with Gasteiger partial charge in [-0.1, -0.05) is 35.5 Å². The van der Waals surface area contributed by atoms with E-state index in [0.717, 1.165) is 40.6 Å². The molecule has 5 rings (SSSR count). The monoisotopic (exact) mass is 398 g/mol. The van der Waals surface area contributed by atoms with E-state index in [1.807, 2.05) is 64.3 Å². The van der Waals surface area contributed by atoms with E-state index >= 15 is 0 Å². The van der Waals surface area contributed by atoms with Crippen molar-refractivity contribution in [2.24, 2.45) is 0 Å². The van der Waals surface area contributed by atoms with E-state index in [4.69, 9.17) is 0 Å². The fourth-order valence-electron chi connectivity index (χ4n) is 3.90. The summed E-state index contributed by atoms with van der Waals surface area (Å²) in [6, 6.07) is 18.2. The van der Waals surface area contributed by atoms with Crippen LogP contribution in [-0.2, 0) is 0 Å². The maximum Gasteiger partial charge on any atom is 0.321 e. The largest absolute Gasteiger partial charge is 0.324 e. The molecule has 1 N–H and O–H groups in total. The molecule has 3 heterocycles. The molecule has 0 spiro atoms. The van der Waals surface area contributed by atoms with Crippen LogP contribution in [0.25, 0.3) is 22.0 Å². The van der Waals surface area contributed by atoms with Gasteiger partial charge in [-0.3, -0.25) is 4.98 Å². The molecule has 2 aromatic heterocycles. The minimum absolute atomic E-state index is 0.0571. The first-order valence-corrected chi connectivity index (χ1v) is 10.1. The van der Waals surface area contributed by atoms with Crippen LogP contribution in [0.15, 0.2) is 73.2 Å². The van der Waals surface area contributed by atoms with Gasteiger partial charge in [0.25, 0.3) is 0 Å². The fourth-order valence-corrected chi connectivity index (χ4v) is 3.90. The van der Waals surface area contributed by atoms with Gasteiger partial charge >= 0.3 is 6.03 Å². The van der Waals surface area contributed by atoms with Gasteiger partial charge in [-0.25, -0.2) is 9.48 Å². The van der Waals surface area contributed by atoms with Gasteiger partial charge in [-0.05, 0) is 47.9 Å². The molecule has 4 aromatic rings. The van der Waals surface area contributed by atoms with E-state index in [1.54, 1.807) is 12.4 Å². The van der Waals surface area contributed by atoms with Crippen LogP contribution in [-0.4, -0.2) is 44.0 Å². The lowest BCUT2D eigenvalue weighted by Crippen LogP contribution is -2.41. The Bertz CT molecular complexity index is 1160. The van der Waals surface area contributed by atoms with Gasteiger partial charge in [0.2, 0.25) is 0 Å². The Morgan fingerprint density at radius 2 is 1.83 bits per heavy atom. The second-order valence-electron chi connectivity index (χ2n) is 7.54. The van der Waals surface area contributed by atoms with Crippen molar-refractivity contribution < 1.29 is 4.79 Å². The highest BCUT2D eigenvalue weighted by atomic mass is 16.2. The molecule has 0 saturated carbocycles. The van der Waals surface area contributed by atoms with E-state index in [9.17, 15) is 4.79 Å². The molecule has 0 unspecified atom stereocenters. The zero-order valence-electron chi connectivity index (χ0n) is 16.5. The molecule has 0 aliphatic carbocycles. The lowest BCUT2D eigenvalue weighted by Gasteiger charge is -2.31. The van der Waals surface area contributed by atoms with E-state index in [2.05, 4.69) is 26.7 Å². The van der Waals surface area contributed by atoms with Crippen LogP contribution in [0.4, 0.5) is 10.5 Å². The zero-order chi connectivity index (χ0) is 20.3. The summed E-state index contributed by atoms with van der Waals surface area (Å²) in [5.74, 6) is 0. The second-order valence-corrected chi connectivity index (χ2v) is 7.54. The molecule has 2 amide bonds. The lowest BCUT2D eigenvalue weighted by molar-refractivity contribution is 0.179. The zero-order valence-corrected chi connectivity index (χ0v) is 16.5. The number of urea groups is 1. The van der Waals surface area contributed by atoms with Crippen LogP contribution in [0.3, 0.4) is 0 Å². The maximum atomic E-state index is 12.7. The highest BCUT2D eigenvalue weighted by Crippen LogP contribution is 2.25. The number of carbonyl (C=O) groups is 1. The predicted molar refractivity (Wildman–Crippen MR) is 116 cm³/mol. The highest BCUT2D eigenvalue weighted by molar-refractivity contribution is 5.93. The second kappa shape index (κ2) is 7.94. The standard InChI is InChI=1S/C23H22N6O/c30-23(25-20-8-7-17-4-1-2-5-18(17)14-20)28-12-9-21(10-13-28)29-16-22(26-27-29)19-6-3-11-24-15-19/h1-8,11,14-16,21H,9-10,12-13H2,(H,25,30). The van der Waals surface area contributed by atoms with Crippen molar-refractivity contribution in [3.63, 3.8) is 0 Å². The van der Waals surface area contributed by atoms with Crippen LogP contribution in [0.5, 0.6) is 0 Å². The summed E-state index contributed by atoms with van der Waals surface area (Å²) in [7, 11) is 0. The number of rotatable bonds is 3. The Labute approximate surface area is 174 Å². The van der Waals surface area contributed by atoms with Gasteiger partial charge in [0, 0.05) is 36.7 Å². The number of fused-ring (bicyclic) bond motifs is 1. The summed E-state index contributed by atoms with van der Waals surface area (Å²) in [6.45, 7) is 1.37. The van der Waals surface area contributed by atoms with Gasteiger partial charge in [0.1, 0.15) is 5.69 Å². The molecule has 0 bridgehead atoms. The minimum Gasteiger partial charge on any atom is -0.324 e. The Balaban J connectivity index is 1.20. The third kappa shape index (κ3) is 3.74. The molecule has 7 nitrogen and oxygen atoms in total. The molecule has 1 saturated heterocycles. The first-order chi connectivity index (χ1) is 14.8. The summed E-state index contributed by atoms with van der Waals surface area (Å²) >= 11 is 0. The fraction of sp³-hybridized carbons (Fsp3) is 0.217. The SMILES string of the molecule is O=C(Nc1ccc2ccccc2c1)N1CCC(n2cc(-c3cccnc3)nn2)CC1. The molecule has 30 heavy (non-hydrogen) atoms. The van der Waals surface area contributed by atoms with Crippen molar-refractivity contribution in [1.29, 1.82) is 0 Å². The minimum atomic E-state index is -0.0571. The Hall–Kier alpha value is -3.74. The van der Waals surface area contributed by atoms with Gasteiger partial charge in [0.05, 0.1) is 12.2 Å². The van der Waals surface area contributed by atoms with Crippen molar-refractivity contribution >= 4 is 22.5 Å². The molecule has 1 fully saturated rings. The first kappa shape index (κ1) is 18.3. The third-order valence-corrected chi connectivity index (χ3v) is 5.59. The number of aromatic nitrogens is 4. The average Bonchev–Trinajstić information content (AvgIpc) is 3.30. The Kier molecular flexibility index (Phi) is 4.85. The van der Waals surface area contributed by atoms with Crippen LogP contribution in [0.2, 0.25) is 0 Å². The summed E-state index contributed by atoms with van der Waals surface area (Å²) in [5.41, 5.74) is 2.59. The molecule has 0 radical (unpaired) electrons. The summed E-state index contributed by atoms with van der Waals surface area (Å²) in [4.78, 5) is 18.7. The van der Waals surface area contributed by atoms with E-state index in [-0.39, 0.29) is 12.1 Å². The molecule has 2 aromatic carbocycles. The first-order valence-electron chi connectivity index (χ1n) is 10.1. The molecule has 0 atom stereocenters. The van der Waals surface area contributed by atoms with Crippen LogP contribution >= 0.6 is 0 Å². The number of nitrogens with one attached hydrogen (secondary N) is 1.